The van der Waals surface area contributed by atoms with Gasteiger partial charge in [-0.25, -0.2) is 0 Å². The molecule has 4 heteroatoms. The molecule has 0 aromatic rings. The lowest BCUT2D eigenvalue weighted by molar-refractivity contribution is -0.157. The summed E-state index contributed by atoms with van der Waals surface area (Å²) < 4.78 is 10.1. The minimum atomic E-state index is -0.613. The molecule has 0 aliphatic carbocycles. The van der Waals surface area contributed by atoms with E-state index in [2.05, 4.69) is 4.74 Å². The highest BCUT2D eigenvalue weighted by atomic mass is 16.6. The van der Waals surface area contributed by atoms with E-state index in [4.69, 9.17) is 4.74 Å². The van der Waals surface area contributed by atoms with E-state index in [-0.39, 0.29) is 6.10 Å². The van der Waals surface area contributed by atoms with Gasteiger partial charge in [-0.15, -0.1) is 0 Å². The SMILES string of the molecule is C[C@@]12C=C[C@@H](O1)[C@@H]1C(=O)OC(=O)[C@H]12. The molecule has 2 bridgehead atoms. The Kier molecular flexibility index (Phi) is 1.03. The van der Waals surface area contributed by atoms with Crippen molar-refractivity contribution in [3.05, 3.63) is 12.2 Å². The first kappa shape index (κ1) is 7.26. The molecule has 3 aliphatic rings. The Labute approximate surface area is 74.5 Å². The van der Waals surface area contributed by atoms with Gasteiger partial charge in [-0.3, -0.25) is 9.59 Å². The van der Waals surface area contributed by atoms with Gasteiger partial charge < -0.3 is 9.47 Å². The highest BCUT2D eigenvalue weighted by Crippen LogP contribution is 2.50. The molecule has 0 amide bonds. The van der Waals surface area contributed by atoms with E-state index in [0.29, 0.717) is 0 Å². The average molecular weight is 180 g/mol. The van der Waals surface area contributed by atoms with Crippen molar-refractivity contribution in [3.63, 3.8) is 0 Å². The van der Waals surface area contributed by atoms with E-state index in [1.165, 1.54) is 0 Å². The summed E-state index contributed by atoms with van der Waals surface area (Å²) in [6.45, 7) is 1.81. The van der Waals surface area contributed by atoms with Crippen molar-refractivity contribution in [3.8, 4) is 0 Å². The Hall–Kier alpha value is -1.16. The van der Waals surface area contributed by atoms with Crippen LogP contribution in [0.25, 0.3) is 0 Å². The molecule has 0 unspecified atom stereocenters. The highest BCUT2D eigenvalue weighted by molar-refractivity contribution is 5.99. The summed E-state index contributed by atoms with van der Waals surface area (Å²) in [5.74, 6) is -1.70. The Bertz CT molecular complexity index is 346. The van der Waals surface area contributed by atoms with E-state index in [1.807, 2.05) is 19.1 Å². The summed E-state index contributed by atoms with van der Waals surface area (Å²) in [6, 6.07) is 0. The smallest absolute Gasteiger partial charge is 0.320 e. The van der Waals surface area contributed by atoms with Crippen LogP contribution in [0.4, 0.5) is 0 Å². The number of carbonyl (C=O) groups excluding carboxylic acids is 2. The van der Waals surface area contributed by atoms with Gasteiger partial charge in [0, 0.05) is 0 Å². The van der Waals surface area contributed by atoms with Crippen LogP contribution >= 0.6 is 0 Å². The van der Waals surface area contributed by atoms with Crippen molar-refractivity contribution in [2.75, 3.05) is 0 Å². The third-order valence-corrected chi connectivity index (χ3v) is 3.06. The number of rotatable bonds is 0. The summed E-state index contributed by atoms with van der Waals surface area (Å²) in [6.07, 6.45) is 3.42. The minimum Gasteiger partial charge on any atom is -0.393 e. The molecule has 0 aromatic heterocycles. The molecule has 4 atom stereocenters. The van der Waals surface area contributed by atoms with E-state index < -0.39 is 29.4 Å². The molecule has 0 saturated carbocycles. The fraction of sp³-hybridized carbons (Fsp3) is 0.556. The molecule has 68 valence electrons. The molecule has 2 fully saturated rings. The number of fused-ring (bicyclic) bond motifs is 5. The molecule has 0 N–H and O–H groups in total. The normalized spacial score (nSPS) is 51.3. The molecule has 0 spiro atoms. The van der Waals surface area contributed by atoms with Gasteiger partial charge in [0.25, 0.3) is 0 Å². The zero-order valence-electron chi connectivity index (χ0n) is 7.02. The summed E-state index contributed by atoms with van der Waals surface area (Å²) in [5, 5.41) is 0. The summed E-state index contributed by atoms with van der Waals surface area (Å²) in [4.78, 5) is 22.5. The fourth-order valence-corrected chi connectivity index (χ4v) is 2.46. The molecule has 13 heavy (non-hydrogen) atoms. The number of hydrogen-bond acceptors (Lipinski definition) is 4. The predicted molar refractivity (Wildman–Crippen MR) is 40.5 cm³/mol. The maximum Gasteiger partial charge on any atom is 0.320 e. The third kappa shape index (κ3) is 0.659. The van der Waals surface area contributed by atoms with Crippen molar-refractivity contribution in [1.82, 2.24) is 0 Å². The van der Waals surface area contributed by atoms with Crippen LogP contribution in [0.5, 0.6) is 0 Å². The molecule has 3 aliphatic heterocycles. The zero-order valence-corrected chi connectivity index (χ0v) is 7.02. The van der Waals surface area contributed by atoms with Crippen molar-refractivity contribution in [1.29, 1.82) is 0 Å². The monoisotopic (exact) mass is 180 g/mol. The van der Waals surface area contributed by atoms with Gasteiger partial charge in [0.05, 0.1) is 11.7 Å². The van der Waals surface area contributed by atoms with Crippen LogP contribution in [0.1, 0.15) is 6.92 Å². The van der Waals surface area contributed by atoms with E-state index in [9.17, 15) is 9.59 Å². The number of carbonyl (C=O) groups is 2. The molecule has 3 heterocycles. The van der Waals surface area contributed by atoms with Gasteiger partial charge in [-0.1, -0.05) is 12.2 Å². The fourth-order valence-electron chi connectivity index (χ4n) is 2.46. The molecule has 0 radical (unpaired) electrons. The lowest BCUT2D eigenvalue weighted by Crippen LogP contribution is -2.34. The molecule has 4 nitrogen and oxygen atoms in total. The van der Waals surface area contributed by atoms with Gasteiger partial charge in [-0.2, -0.15) is 0 Å². The average Bonchev–Trinajstić information content (AvgIpc) is 2.62. The van der Waals surface area contributed by atoms with Crippen molar-refractivity contribution in [2.45, 2.75) is 18.6 Å². The second kappa shape index (κ2) is 1.85. The second-order valence-corrected chi connectivity index (χ2v) is 3.87. The van der Waals surface area contributed by atoms with E-state index in [1.54, 1.807) is 0 Å². The van der Waals surface area contributed by atoms with Crippen molar-refractivity contribution >= 4 is 11.9 Å². The van der Waals surface area contributed by atoms with Gasteiger partial charge in [-0.05, 0) is 6.92 Å². The summed E-state index contributed by atoms with van der Waals surface area (Å²) in [7, 11) is 0. The van der Waals surface area contributed by atoms with Gasteiger partial charge in [0.15, 0.2) is 0 Å². The highest BCUT2D eigenvalue weighted by Gasteiger charge is 2.64. The second-order valence-electron chi connectivity index (χ2n) is 3.87. The number of esters is 2. The third-order valence-electron chi connectivity index (χ3n) is 3.06. The standard InChI is InChI=1S/C9H8O4/c1-9-3-2-4(13-9)5-6(9)8(11)12-7(5)10/h2-6H,1H3/t4-,5+,6+,9+/m1/s1. The van der Waals surface area contributed by atoms with Crippen LogP contribution in [-0.2, 0) is 19.1 Å². The largest absolute Gasteiger partial charge is 0.393 e. The Morgan fingerprint density at radius 3 is 2.85 bits per heavy atom. The van der Waals surface area contributed by atoms with Crippen LogP contribution in [0.3, 0.4) is 0 Å². The van der Waals surface area contributed by atoms with Crippen LogP contribution in [0.15, 0.2) is 12.2 Å². The number of cyclic esters (lactones) is 2. The van der Waals surface area contributed by atoms with E-state index in [0.717, 1.165) is 0 Å². The van der Waals surface area contributed by atoms with Crippen molar-refractivity contribution in [2.24, 2.45) is 11.8 Å². The maximum absolute atomic E-state index is 11.3. The molecule has 2 saturated heterocycles. The molecular weight excluding hydrogens is 172 g/mol. The van der Waals surface area contributed by atoms with Gasteiger partial charge >= 0.3 is 11.9 Å². The minimum absolute atomic E-state index is 0.256. The van der Waals surface area contributed by atoms with Crippen LogP contribution in [-0.4, -0.2) is 23.6 Å². The number of ether oxygens (including phenoxy) is 2. The summed E-state index contributed by atoms with van der Waals surface area (Å²) in [5.41, 5.74) is -0.613. The molecule has 3 rings (SSSR count). The number of hydrogen-bond donors (Lipinski definition) is 0. The van der Waals surface area contributed by atoms with Crippen LogP contribution in [0, 0.1) is 11.8 Å². The molecule has 0 aromatic carbocycles. The Balaban J connectivity index is 2.13. The van der Waals surface area contributed by atoms with Crippen molar-refractivity contribution < 1.29 is 19.1 Å². The first-order valence-corrected chi connectivity index (χ1v) is 4.24. The summed E-state index contributed by atoms with van der Waals surface area (Å²) >= 11 is 0. The first-order valence-electron chi connectivity index (χ1n) is 4.24. The van der Waals surface area contributed by atoms with Gasteiger partial charge in [0.2, 0.25) is 0 Å². The van der Waals surface area contributed by atoms with Gasteiger partial charge in [0.1, 0.15) is 11.8 Å². The first-order chi connectivity index (χ1) is 6.12. The quantitative estimate of drug-likeness (QED) is 0.300. The van der Waals surface area contributed by atoms with E-state index >= 15 is 0 Å². The van der Waals surface area contributed by atoms with Crippen LogP contribution < -0.4 is 0 Å². The maximum atomic E-state index is 11.3. The lowest BCUT2D eigenvalue weighted by atomic mass is 9.78. The zero-order chi connectivity index (χ0) is 9.22. The lowest BCUT2D eigenvalue weighted by Gasteiger charge is -2.20. The Morgan fingerprint density at radius 1 is 1.38 bits per heavy atom. The molecular formula is C9H8O4. The topological polar surface area (TPSA) is 52.6 Å². The predicted octanol–water partition coefficient (Wildman–Crippen LogP) is 0.0295. The Morgan fingerprint density at radius 2 is 2.15 bits per heavy atom. The van der Waals surface area contributed by atoms with Crippen LogP contribution in [0.2, 0.25) is 0 Å².